The summed E-state index contributed by atoms with van der Waals surface area (Å²) in [5, 5.41) is 10.1. The number of aromatic amines is 1. The van der Waals surface area contributed by atoms with Crippen molar-refractivity contribution < 1.29 is 5.11 Å². The Hall–Kier alpha value is -2.20. The zero-order valence-electron chi connectivity index (χ0n) is 10.0. The Bertz CT molecular complexity index is 689. The maximum atomic E-state index is 9.14. The van der Waals surface area contributed by atoms with Gasteiger partial charge in [0.2, 0.25) is 0 Å². The van der Waals surface area contributed by atoms with Gasteiger partial charge < -0.3 is 10.1 Å². The topological polar surface area (TPSA) is 61.8 Å². The molecule has 0 saturated carbocycles. The molecule has 2 aromatic heterocycles. The van der Waals surface area contributed by atoms with Crippen LogP contribution in [0.2, 0.25) is 0 Å². The van der Waals surface area contributed by atoms with Crippen LogP contribution in [-0.4, -0.2) is 20.1 Å². The quantitative estimate of drug-likeness (QED) is 0.722. The van der Waals surface area contributed by atoms with Gasteiger partial charge in [-0.25, -0.2) is 9.97 Å². The number of benzene rings is 1. The summed E-state index contributed by atoms with van der Waals surface area (Å²) in [6.45, 7) is 1.93. The van der Waals surface area contributed by atoms with Crippen LogP contribution in [0, 0.1) is 6.92 Å². The van der Waals surface area contributed by atoms with Gasteiger partial charge in [0.25, 0.3) is 0 Å². The third-order valence-corrected chi connectivity index (χ3v) is 2.94. The van der Waals surface area contributed by atoms with E-state index in [-0.39, 0.29) is 6.61 Å². The highest BCUT2D eigenvalue weighted by molar-refractivity contribution is 5.80. The lowest BCUT2D eigenvalue weighted by Crippen LogP contribution is -1.92. The highest BCUT2D eigenvalue weighted by Crippen LogP contribution is 2.21. The van der Waals surface area contributed by atoms with Crippen LogP contribution < -0.4 is 0 Å². The van der Waals surface area contributed by atoms with Crippen LogP contribution >= 0.6 is 0 Å². The molecule has 0 radical (unpaired) electrons. The molecule has 4 heteroatoms. The van der Waals surface area contributed by atoms with E-state index in [2.05, 4.69) is 15.0 Å². The second kappa shape index (κ2) is 4.23. The van der Waals surface area contributed by atoms with Crippen molar-refractivity contribution in [3.63, 3.8) is 0 Å². The van der Waals surface area contributed by atoms with Crippen molar-refractivity contribution in [1.82, 2.24) is 15.0 Å². The van der Waals surface area contributed by atoms with Crippen molar-refractivity contribution in [2.75, 3.05) is 0 Å². The number of hydrogen-bond acceptors (Lipinski definition) is 3. The third-order valence-electron chi connectivity index (χ3n) is 2.94. The first kappa shape index (κ1) is 10.9. The maximum absolute atomic E-state index is 9.14. The molecule has 90 valence electrons. The predicted octanol–water partition coefficient (Wildman–Crippen LogP) is 2.43. The number of hydrogen-bond donors (Lipinski definition) is 2. The van der Waals surface area contributed by atoms with E-state index < -0.39 is 0 Å². The summed E-state index contributed by atoms with van der Waals surface area (Å²) >= 11 is 0. The minimum absolute atomic E-state index is 0.0174. The minimum Gasteiger partial charge on any atom is -0.390 e. The van der Waals surface area contributed by atoms with Crippen LogP contribution in [0.15, 0.2) is 36.4 Å². The van der Waals surface area contributed by atoms with Gasteiger partial charge in [-0.05, 0) is 13.0 Å². The summed E-state index contributed by atoms with van der Waals surface area (Å²) in [4.78, 5) is 12.1. The molecule has 0 saturated heterocycles. The van der Waals surface area contributed by atoms with Gasteiger partial charge in [-0.15, -0.1) is 0 Å². The van der Waals surface area contributed by atoms with Crippen LogP contribution in [0.3, 0.4) is 0 Å². The number of nitrogens with one attached hydrogen (secondary N) is 1. The maximum Gasteiger partial charge on any atom is 0.161 e. The predicted molar refractivity (Wildman–Crippen MR) is 70.0 cm³/mol. The van der Waals surface area contributed by atoms with E-state index in [4.69, 9.17) is 5.11 Å². The van der Waals surface area contributed by atoms with Crippen LogP contribution in [0.5, 0.6) is 0 Å². The fourth-order valence-corrected chi connectivity index (χ4v) is 2.01. The molecule has 4 nitrogen and oxygen atoms in total. The monoisotopic (exact) mass is 239 g/mol. The Labute approximate surface area is 104 Å². The molecule has 18 heavy (non-hydrogen) atoms. The molecule has 0 spiro atoms. The van der Waals surface area contributed by atoms with Gasteiger partial charge in [0.05, 0.1) is 12.3 Å². The van der Waals surface area contributed by atoms with Gasteiger partial charge in [0, 0.05) is 16.6 Å². The van der Waals surface area contributed by atoms with Gasteiger partial charge in [-0.2, -0.15) is 0 Å². The molecule has 0 bridgehead atoms. The molecule has 0 aliphatic carbocycles. The summed E-state index contributed by atoms with van der Waals surface area (Å²) < 4.78 is 0. The average Bonchev–Trinajstić information content (AvgIpc) is 2.83. The van der Waals surface area contributed by atoms with E-state index in [0.717, 1.165) is 28.0 Å². The Morgan fingerprint density at radius 3 is 2.67 bits per heavy atom. The molecular weight excluding hydrogens is 226 g/mol. The van der Waals surface area contributed by atoms with Gasteiger partial charge in [-0.3, -0.25) is 0 Å². The highest BCUT2D eigenvalue weighted by Gasteiger charge is 2.09. The normalized spacial score (nSPS) is 11.0. The molecule has 3 rings (SSSR count). The molecule has 2 N–H and O–H groups in total. The largest absolute Gasteiger partial charge is 0.390 e. The SMILES string of the molecule is Cc1nc(-c2ccccc2)nc2[nH]c(CO)cc12. The van der Waals surface area contributed by atoms with Crippen molar-refractivity contribution in [3.8, 4) is 11.4 Å². The average molecular weight is 239 g/mol. The van der Waals surface area contributed by atoms with Gasteiger partial charge in [-0.1, -0.05) is 30.3 Å². The fraction of sp³-hybridized carbons (Fsp3) is 0.143. The van der Waals surface area contributed by atoms with Crippen LogP contribution in [-0.2, 0) is 6.61 Å². The number of rotatable bonds is 2. The summed E-state index contributed by atoms with van der Waals surface area (Å²) in [5.41, 5.74) is 3.43. The molecule has 0 unspecified atom stereocenters. The number of H-pyrrole nitrogens is 1. The lowest BCUT2D eigenvalue weighted by molar-refractivity contribution is 0.278. The molecule has 0 atom stereocenters. The summed E-state index contributed by atoms with van der Waals surface area (Å²) in [7, 11) is 0. The fourth-order valence-electron chi connectivity index (χ4n) is 2.01. The van der Waals surface area contributed by atoms with E-state index in [1.165, 1.54) is 0 Å². The molecule has 3 aromatic rings. The number of aromatic nitrogens is 3. The molecule has 0 fully saturated rings. The molecule has 0 aliphatic heterocycles. The highest BCUT2D eigenvalue weighted by atomic mass is 16.3. The van der Waals surface area contributed by atoms with Crippen molar-refractivity contribution in [2.45, 2.75) is 13.5 Å². The molecule has 1 aromatic carbocycles. The lowest BCUT2D eigenvalue weighted by Gasteiger charge is -2.02. The zero-order valence-corrected chi connectivity index (χ0v) is 10.0. The standard InChI is InChI=1S/C14H13N3O/c1-9-12-7-11(8-18)16-14(12)17-13(15-9)10-5-3-2-4-6-10/h2-7,18H,8H2,1H3,(H,15,16,17). The van der Waals surface area contributed by atoms with Crippen LogP contribution in [0.4, 0.5) is 0 Å². The van der Waals surface area contributed by atoms with Gasteiger partial charge in [0.15, 0.2) is 5.82 Å². The van der Waals surface area contributed by atoms with E-state index in [1.54, 1.807) is 0 Å². The number of aliphatic hydroxyl groups is 1. The Balaban J connectivity index is 2.21. The summed E-state index contributed by atoms with van der Waals surface area (Å²) in [6.07, 6.45) is 0. The van der Waals surface area contributed by atoms with Gasteiger partial charge >= 0.3 is 0 Å². The van der Waals surface area contributed by atoms with E-state index in [1.807, 2.05) is 43.3 Å². The molecule has 2 heterocycles. The van der Waals surface area contributed by atoms with Gasteiger partial charge in [0.1, 0.15) is 5.65 Å². The Kier molecular flexibility index (Phi) is 2.57. The number of aliphatic hydroxyl groups excluding tert-OH is 1. The first-order valence-electron chi connectivity index (χ1n) is 5.80. The molecule has 0 aliphatic rings. The first-order chi connectivity index (χ1) is 8.78. The van der Waals surface area contributed by atoms with Crippen molar-refractivity contribution in [2.24, 2.45) is 0 Å². The van der Waals surface area contributed by atoms with E-state index in [9.17, 15) is 0 Å². The van der Waals surface area contributed by atoms with Crippen LogP contribution in [0.25, 0.3) is 22.4 Å². The lowest BCUT2D eigenvalue weighted by atomic mass is 10.2. The summed E-state index contributed by atoms with van der Waals surface area (Å²) in [6, 6.07) is 11.7. The second-order valence-electron chi connectivity index (χ2n) is 4.21. The Morgan fingerprint density at radius 2 is 1.94 bits per heavy atom. The summed E-state index contributed by atoms with van der Waals surface area (Å²) in [5.74, 6) is 0.701. The minimum atomic E-state index is -0.0174. The van der Waals surface area contributed by atoms with Crippen LogP contribution in [0.1, 0.15) is 11.4 Å². The number of fused-ring (bicyclic) bond motifs is 1. The second-order valence-corrected chi connectivity index (χ2v) is 4.21. The van der Waals surface area contributed by atoms with Crippen molar-refractivity contribution in [3.05, 3.63) is 47.8 Å². The zero-order chi connectivity index (χ0) is 12.5. The number of nitrogens with zero attached hydrogens (tertiary/aromatic N) is 2. The molecular formula is C14H13N3O. The van der Waals surface area contributed by atoms with Crippen molar-refractivity contribution >= 4 is 11.0 Å². The Morgan fingerprint density at radius 1 is 1.17 bits per heavy atom. The third kappa shape index (κ3) is 1.76. The van der Waals surface area contributed by atoms with Crippen molar-refractivity contribution in [1.29, 1.82) is 0 Å². The van der Waals surface area contributed by atoms with E-state index in [0.29, 0.717) is 5.82 Å². The first-order valence-corrected chi connectivity index (χ1v) is 5.80. The number of aryl methyl sites for hydroxylation is 1. The smallest absolute Gasteiger partial charge is 0.161 e. The molecule has 0 amide bonds. The van der Waals surface area contributed by atoms with E-state index >= 15 is 0 Å².